The molecule has 2 aromatic rings. The zero-order chi connectivity index (χ0) is 19.6. The van der Waals surface area contributed by atoms with Crippen LogP contribution in [0.15, 0.2) is 41.4 Å². The van der Waals surface area contributed by atoms with Crippen LogP contribution in [0.1, 0.15) is 28.8 Å². The van der Waals surface area contributed by atoms with Crippen LogP contribution in [0.4, 0.5) is 11.5 Å². The number of hydrogen-bond acceptors (Lipinski definition) is 5. The topological polar surface area (TPSA) is 82.6 Å². The minimum Gasteiger partial charge on any atom is -0.357 e. The fourth-order valence-electron chi connectivity index (χ4n) is 3.01. The molecule has 1 aromatic carbocycles. The van der Waals surface area contributed by atoms with E-state index in [0.717, 1.165) is 23.2 Å². The van der Waals surface area contributed by atoms with Crippen molar-refractivity contribution in [3.8, 4) is 0 Å². The van der Waals surface area contributed by atoms with Gasteiger partial charge in [0.15, 0.2) is 0 Å². The molecule has 7 nitrogen and oxygen atoms in total. The van der Waals surface area contributed by atoms with Crippen LogP contribution in [0.2, 0.25) is 0 Å². The van der Waals surface area contributed by atoms with E-state index < -0.39 is 10.0 Å². The van der Waals surface area contributed by atoms with Gasteiger partial charge < -0.3 is 10.2 Å². The Morgan fingerprint density at radius 2 is 1.85 bits per heavy atom. The summed E-state index contributed by atoms with van der Waals surface area (Å²) in [5.74, 6) is 0.541. The third kappa shape index (κ3) is 4.12. The quantitative estimate of drug-likeness (QED) is 0.851. The Balaban J connectivity index is 1.79. The predicted molar refractivity (Wildman–Crippen MR) is 106 cm³/mol. The Morgan fingerprint density at radius 1 is 1.15 bits per heavy atom. The lowest BCUT2D eigenvalue weighted by molar-refractivity contribution is 0.102. The van der Waals surface area contributed by atoms with Gasteiger partial charge in [-0.15, -0.1) is 0 Å². The summed E-state index contributed by atoms with van der Waals surface area (Å²) in [5.41, 5.74) is 1.59. The first-order valence-electron chi connectivity index (χ1n) is 8.84. The van der Waals surface area contributed by atoms with Crippen molar-refractivity contribution in [3.05, 3.63) is 47.7 Å². The van der Waals surface area contributed by atoms with E-state index in [4.69, 9.17) is 0 Å². The summed E-state index contributed by atoms with van der Waals surface area (Å²) in [6.45, 7) is 3.78. The molecule has 0 spiro atoms. The Bertz CT molecular complexity index is 934. The average Bonchev–Trinajstić information content (AvgIpc) is 3.17. The van der Waals surface area contributed by atoms with E-state index in [1.165, 1.54) is 39.1 Å². The summed E-state index contributed by atoms with van der Waals surface area (Å²) in [6, 6.07) is 8.26. The molecule has 1 amide bonds. The number of carbonyl (C=O) groups is 1. The van der Waals surface area contributed by atoms with Gasteiger partial charge in [-0.25, -0.2) is 17.7 Å². The normalized spacial score (nSPS) is 14.6. The van der Waals surface area contributed by atoms with E-state index in [1.807, 2.05) is 12.1 Å². The number of aryl methyl sites for hydroxylation is 1. The van der Waals surface area contributed by atoms with Gasteiger partial charge in [-0.1, -0.05) is 6.07 Å². The van der Waals surface area contributed by atoms with Crippen LogP contribution in [-0.2, 0) is 10.0 Å². The minimum atomic E-state index is -3.60. The summed E-state index contributed by atoms with van der Waals surface area (Å²) in [7, 11) is -0.680. The molecule has 0 unspecified atom stereocenters. The smallest absolute Gasteiger partial charge is 0.256 e. The van der Waals surface area contributed by atoms with Gasteiger partial charge in [0.05, 0.1) is 16.8 Å². The molecule has 1 aliphatic heterocycles. The molecular weight excluding hydrogens is 364 g/mol. The van der Waals surface area contributed by atoms with E-state index in [2.05, 4.69) is 15.2 Å². The second-order valence-corrected chi connectivity index (χ2v) is 8.97. The number of nitrogens with zero attached hydrogens (tertiary/aromatic N) is 3. The maximum Gasteiger partial charge on any atom is 0.256 e. The van der Waals surface area contributed by atoms with E-state index in [0.29, 0.717) is 16.8 Å². The monoisotopic (exact) mass is 388 g/mol. The van der Waals surface area contributed by atoms with Gasteiger partial charge in [0.1, 0.15) is 5.82 Å². The lowest BCUT2D eigenvalue weighted by atomic mass is 10.1. The Hall–Kier alpha value is -2.45. The maximum atomic E-state index is 12.7. The Kier molecular flexibility index (Phi) is 5.48. The Morgan fingerprint density at radius 3 is 2.44 bits per heavy atom. The highest BCUT2D eigenvalue weighted by Gasteiger charge is 2.20. The fourth-order valence-corrected chi connectivity index (χ4v) is 3.94. The van der Waals surface area contributed by atoms with E-state index in [1.54, 1.807) is 19.2 Å². The first-order valence-corrected chi connectivity index (χ1v) is 10.3. The molecule has 1 saturated heterocycles. The molecular formula is C19H24N4O3S. The van der Waals surface area contributed by atoms with Crippen LogP contribution in [0.3, 0.4) is 0 Å². The number of sulfonamides is 1. The lowest BCUT2D eigenvalue weighted by Gasteiger charge is -2.16. The number of aromatic nitrogens is 1. The van der Waals surface area contributed by atoms with Gasteiger partial charge in [-0.2, -0.15) is 0 Å². The molecule has 0 saturated carbocycles. The zero-order valence-corrected chi connectivity index (χ0v) is 16.6. The van der Waals surface area contributed by atoms with Crippen molar-refractivity contribution in [1.29, 1.82) is 0 Å². The van der Waals surface area contributed by atoms with E-state index in [9.17, 15) is 13.2 Å². The molecule has 1 aromatic heterocycles. The number of rotatable bonds is 5. The number of carbonyl (C=O) groups excluding carboxylic acids is 1. The highest BCUT2D eigenvalue weighted by molar-refractivity contribution is 7.89. The van der Waals surface area contributed by atoms with Crippen molar-refractivity contribution >= 4 is 27.4 Å². The summed E-state index contributed by atoms with van der Waals surface area (Å²) >= 11 is 0. The fraction of sp³-hybridized carbons (Fsp3) is 0.368. The van der Waals surface area contributed by atoms with E-state index in [-0.39, 0.29) is 10.8 Å². The molecule has 3 rings (SSSR count). The van der Waals surface area contributed by atoms with Crippen LogP contribution in [-0.4, -0.2) is 50.8 Å². The largest absolute Gasteiger partial charge is 0.357 e. The van der Waals surface area contributed by atoms with Crippen LogP contribution >= 0.6 is 0 Å². The highest BCUT2D eigenvalue weighted by Crippen LogP contribution is 2.21. The summed E-state index contributed by atoms with van der Waals surface area (Å²) < 4.78 is 25.8. The van der Waals surface area contributed by atoms with Gasteiger partial charge in [0.2, 0.25) is 10.0 Å². The van der Waals surface area contributed by atoms with Crippen LogP contribution < -0.4 is 10.2 Å². The van der Waals surface area contributed by atoms with Crippen LogP contribution in [0, 0.1) is 6.92 Å². The minimum absolute atomic E-state index is 0.0887. The third-order valence-corrected chi connectivity index (χ3v) is 6.48. The molecule has 2 heterocycles. The van der Waals surface area contributed by atoms with Crippen molar-refractivity contribution in [1.82, 2.24) is 9.29 Å². The van der Waals surface area contributed by atoms with Gasteiger partial charge >= 0.3 is 0 Å². The molecule has 0 atom stereocenters. The molecule has 1 aliphatic rings. The van der Waals surface area contributed by atoms with Crippen molar-refractivity contribution < 1.29 is 13.2 Å². The summed E-state index contributed by atoms with van der Waals surface area (Å²) in [4.78, 5) is 19.4. The predicted octanol–water partition coefficient (Wildman–Crippen LogP) is 2.49. The second kappa shape index (κ2) is 7.66. The molecule has 27 heavy (non-hydrogen) atoms. The first-order chi connectivity index (χ1) is 12.8. The number of hydrogen-bond donors (Lipinski definition) is 1. The zero-order valence-electron chi connectivity index (χ0n) is 15.8. The van der Waals surface area contributed by atoms with Crippen molar-refractivity contribution in [3.63, 3.8) is 0 Å². The number of nitrogens with one attached hydrogen (secondary N) is 1. The van der Waals surface area contributed by atoms with Gasteiger partial charge in [0.25, 0.3) is 5.91 Å². The van der Waals surface area contributed by atoms with Gasteiger partial charge in [-0.05, 0) is 49.6 Å². The number of amides is 1. The summed E-state index contributed by atoms with van der Waals surface area (Å²) in [6.07, 6.45) is 3.97. The van der Waals surface area contributed by atoms with Crippen molar-refractivity contribution in [2.24, 2.45) is 0 Å². The highest BCUT2D eigenvalue weighted by atomic mass is 32.2. The number of anilines is 2. The first kappa shape index (κ1) is 19.3. The summed E-state index contributed by atoms with van der Waals surface area (Å²) in [5, 5.41) is 2.80. The maximum absolute atomic E-state index is 12.7. The van der Waals surface area contributed by atoms with Crippen LogP contribution in [0.5, 0.6) is 0 Å². The average molecular weight is 388 g/mol. The molecule has 0 bridgehead atoms. The second-order valence-electron chi connectivity index (χ2n) is 6.82. The molecule has 1 fully saturated rings. The number of benzene rings is 1. The standard InChI is InChI=1S/C19H24N4O3S/c1-14-6-8-16(27(25,26)22(2)3)12-17(14)19(24)21-15-7-9-18(20-13-15)23-10-4-5-11-23/h6-9,12-13H,4-5,10-11H2,1-3H3,(H,21,24). The lowest BCUT2D eigenvalue weighted by Crippen LogP contribution is -2.23. The molecule has 1 N–H and O–H groups in total. The van der Waals surface area contributed by atoms with Crippen LogP contribution in [0.25, 0.3) is 0 Å². The van der Waals surface area contributed by atoms with Gasteiger partial charge in [0, 0.05) is 32.7 Å². The molecule has 144 valence electrons. The Labute approximate surface area is 160 Å². The SMILES string of the molecule is Cc1ccc(S(=O)(=O)N(C)C)cc1C(=O)Nc1ccc(N2CCCC2)nc1. The van der Waals surface area contributed by atoms with Gasteiger partial charge in [-0.3, -0.25) is 4.79 Å². The molecule has 0 radical (unpaired) electrons. The van der Waals surface area contributed by atoms with E-state index >= 15 is 0 Å². The molecule has 8 heteroatoms. The molecule has 0 aliphatic carbocycles. The third-order valence-electron chi connectivity index (χ3n) is 4.67. The van der Waals surface area contributed by atoms with Crippen molar-refractivity contribution in [2.75, 3.05) is 37.4 Å². The number of pyridine rings is 1. The van der Waals surface area contributed by atoms with Crippen molar-refractivity contribution in [2.45, 2.75) is 24.7 Å².